The van der Waals surface area contributed by atoms with Gasteiger partial charge in [-0.25, -0.2) is 4.39 Å². The Kier molecular flexibility index (Phi) is 4.93. The molecule has 0 heterocycles. The summed E-state index contributed by atoms with van der Waals surface area (Å²) in [5.41, 5.74) is 0.330. The summed E-state index contributed by atoms with van der Waals surface area (Å²) in [7, 11) is 0. The molecule has 0 radical (unpaired) electrons. The van der Waals surface area contributed by atoms with E-state index in [2.05, 4.69) is 21.2 Å². The lowest BCUT2D eigenvalue weighted by Crippen LogP contribution is -2.38. The number of halogens is 2. The van der Waals surface area contributed by atoms with Crippen molar-refractivity contribution >= 4 is 21.8 Å². The van der Waals surface area contributed by atoms with E-state index in [-0.39, 0.29) is 18.6 Å². The van der Waals surface area contributed by atoms with E-state index in [0.29, 0.717) is 16.0 Å². The lowest BCUT2D eigenvalue weighted by atomic mass is 9.86. The van der Waals surface area contributed by atoms with Gasteiger partial charge in [-0.05, 0) is 49.8 Å². The molecule has 0 saturated heterocycles. The number of hydrogen-bond acceptors (Lipinski definition) is 2. The number of aliphatic hydroxyl groups is 1. The molecule has 1 aromatic carbocycles. The minimum Gasteiger partial charge on any atom is -0.396 e. The smallest absolute Gasteiger partial charge is 0.251 e. The highest BCUT2D eigenvalue weighted by atomic mass is 79.9. The molecule has 5 heteroatoms. The molecular weight excluding hydrogens is 313 g/mol. The first kappa shape index (κ1) is 14.5. The molecule has 0 aliphatic heterocycles. The van der Waals surface area contributed by atoms with Crippen LogP contribution in [0.4, 0.5) is 4.39 Å². The largest absolute Gasteiger partial charge is 0.396 e. The summed E-state index contributed by atoms with van der Waals surface area (Å²) >= 11 is 3.18. The summed E-state index contributed by atoms with van der Waals surface area (Å²) in [5, 5.41) is 12.0. The van der Waals surface area contributed by atoms with Gasteiger partial charge in [-0.1, -0.05) is 15.9 Å². The monoisotopic (exact) mass is 329 g/mol. The van der Waals surface area contributed by atoms with Gasteiger partial charge in [-0.2, -0.15) is 0 Å². The van der Waals surface area contributed by atoms with Crippen molar-refractivity contribution in [3.63, 3.8) is 0 Å². The maximum absolute atomic E-state index is 13.2. The third kappa shape index (κ3) is 4.01. The zero-order chi connectivity index (χ0) is 13.8. The second kappa shape index (κ2) is 6.48. The molecule has 1 fully saturated rings. The maximum Gasteiger partial charge on any atom is 0.251 e. The molecule has 19 heavy (non-hydrogen) atoms. The molecule has 2 rings (SSSR count). The van der Waals surface area contributed by atoms with Gasteiger partial charge in [0.1, 0.15) is 5.82 Å². The number of rotatable bonds is 3. The highest BCUT2D eigenvalue weighted by Gasteiger charge is 2.22. The van der Waals surface area contributed by atoms with Gasteiger partial charge < -0.3 is 10.4 Å². The molecule has 1 amide bonds. The second-order valence-electron chi connectivity index (χ2n) is 5.03. The van der Waals surface area contributed by atoms with Crippen molar-refractivity contribution in [1.29, 1.82) is 0 Å². The fraction of sp³-hybridized carbons (Fsp3) is 0.500. The molecule has 1 aromatic rings. The van der Waals surface area contributed by atoms with Crippen molar-refractivity contribution in [3.05, 3.63) is 34.1 Å². The summed E-state index contributed by atoms with van der Waals surface area (Å²) in [5.74, 6) is -0.312. The van der Waals surface area contributed by atoms with Gasteiger partial charge >= 0.3 is 0 Å². The lowest BCUT2D eigenvalue weighted by molar-refractivity contribution is 0.0913. The highest BCUT2D eigenvalue weighted by molar-refractivity contribution is 9.10. The van der Waals surface area contributed by atoms with Crippen LogP contribution in [-0.4, -0.2) is 23.7 Å². The topological polar surface area (TPSA) is 49.3 Å². The van der Waals surface area contributed by atoms with Crippen molar-refractivity contribution in [1.82, 2.24) is 5.32 Å². The highest BCUT2D eigenvalue weighted by Crippen LogP contribution is 2.24. The third-order valence-corrected chi connectivity index (χ3v) is 4.02. The first-order valence-electron chi connectivity index (χ1n) is 6.46. The van der Waals surface area contributed by atoms with E-state index in [4.69, 9.17) is 5.11 Å². The number of carbonyl (C=O) groups excluding carboxylic acids is 1. The average molecular weight is 330 g/mol. The van der Waals surface area contributed by atoms with Gasteiger partial charge in [-0.3, -0.25) is 4.79 Å². The van der Waals surface area contributed by atoms with Crippen molar-refractivity contribution < 1.29 is 14.3 Å². The third-order valence-electron chi connectivity index (χ3n) is 3.56. The second-order valence-corrected chi connectivity index (χ2v) is 5.95. The van der Waals surface area contributed by atoms with Crippen LogP contribution in [0.1, 0.15) is 36.0 Å². The normalized spacial score (nSPS) is 23.1. The zero-order valence-corrected chi connectivity index (χ0v) is 12.1. The Balaban J connectivity index is 1.94. The number of hydrogen-bond donors (Lipinski definition) is 2. The predicted octanol–water partition coefficient (Wildman–Crippen LogP) is 2.87. The summed E-state index contributed by atoms with van der Waals surface area (Å²) in [6, 6.07) is 4.29. The van der Waals surface area contributed by atoms with Crippen molar-refractivity contribution in [2.24, 2.45) is 5.92 Å². The lowest BCUT2D eigenvalue weighted by Gasteiger charge is -2.28. The van der Waals surface area contributed by atoms with Crippen molar-refractivity contribution in [3.8, 4) is 0 Å². The Morgan fingerprint density at radius 2 is 2.00 bits per heavy atom. The minimum atomic E-state index is -0.427. The van der Waals surface area contributed by atoms with Crippen LogP contribution in [0, 0.1) is 11.7 Å². The molecule has 3 nitrogen and oxygen atoms in total. The Labute approximate surface area is 120 Å². The van der Waals surface area contributed by atoms with Gasteiger partial charge in [0.25, 0.3) is 5.91 Å². The summed E-state index contributed by atoms with van der Waals surface area (Å²) in [6.45, 7) is 0.220. The molecule has 0 spiro atoms. The van der Waals surface area contributed by atoms with Crippen LogP contribution >= 0.6 is 15.9 Å². The summed E-state index contributed by atoms with van der Waals surface area (Å²) in [6.07, 6.45) is 3.59. The van der Waals surface area contributed by atoms with Crippen LogP contribution in [0.3, 0.4) is 0 Å². The summed E-state index contributed by atoms with van der Waals surface area (Å²) in [4.78, 5) is 12.0. The number of benzene rings is 1. The Bertz CT molecular complexity index is 439. The van der Waals surface area contributed by atoms with E-state index < -0.39 is 5.82 Å². The molecule has 0 unspecified atom stereocenters. The van der Waals surface area contributed by atoms with Crippen LogP contribution in [0.5, 0.6) is 0 Å². The SMILES string of the molecule is O=C(NC1CCC(CO)CC1)c1cc(F)cc(Br)c1. The van der Waals surface area contributed by atoms with Gasteiger partial charge in [0.15, 0.2) is 0 Å². The fourth-order valence-corrected chi connectivity index (χ4v) is 2.91. The number of aliphatic hydroxyl groups excluding tert-OH is 1. The van der Waals surface area contributed by atoms with E-state index >= 15 is 0 Å². The quantitative estimate of drug-likeness (QED) is 0.895. The average Bonchev–Trinajstić information content (AvgIpc) is 2.38. The molecule has 1 aliphatic rings. The molecule has 0 atom stereocenters. The van der Waals surface area contributed by atoms with Crippen LogP contribution in [0.2, 0.25) is 0 Å². The molecule has 1 aliphatic carbocycles. The molecule has 1 saturated carbocycles. The maximum atomic E-state index is 13.2. The number of amides is 1. The van der Waals surface area contributed by atoms with Crippen LogP contribution in [0.25, 0.3) is 0 Å². The molecule has 2 N–H and O–H groups in total. The summed E-state index contributed by atoms with van der Waals surface area (Å²) < 4.78 is 13.8. The van der Waals surface area contributed by atoms with E-state index in [1.165, 1.54) is 12.1 Å². The predicted molar refractivity (Wildman–Crippen MR) is 74.4 cm³/mol. The fourth-order valence-electron chi connectivity index (χ4n) is 2.44. The van der Waals surface area contributed by atoms with Crippen LogP contribution in [0.15, 0.2) is 22.7 Å². The first-order valence-corrected chi connectivity index (χ1v) is 7.25. The molecule has 0 aromatic heterocycles. The van der Waals surface area contributed by atoms with Crippen molar-refractivity contribution in [2.45, 2.75) is 31.7 Å². The molecule has 0 bridgehead atoms. The first-order chi connectivity index (χ1) is 9.08. The van der Waals surface area contributed by atoms with E-state index in [1.807, 2.05) is 0 Å². The standard InChI is InChI=1S/C14H17BrFNO2/c15-11-5-10(6-12(16)7-11)14(19)17-13-3-1-9(8-18)2-4-13/h5-7,9,13,18H,1-4,8H2,(H,17,19). The van der Waals surface area contributed by atoms with E-state index in [1.54, 1.807) is 6.07 Å². The van der Waals surface area contributed by atoms with Crippen LogP contribution in [-0.2, 0) is 0 Å². The van der Waals surface area contributed by atoms with Gasteiger partial charge in [0, 0.05) is 22.7 Å². The zero-order valence-electron chi connectivity index (χ0n) is 10.5. The van der Waals surface area contributed by atoms with Crippen LogP contribution < -0.4 is 5.32 Å². The Morgan fingerprint density at radius 3 is 2.58 bits per heavy atom. The van der Waals surface area contributed by atoms with Gasteiger partial charge in [0.2, 0.25) is 0 Å². The molecular formula is C14H17BrFNO2. The molecule has 104 valence electrons. The minimum absolute atomic E-state index is 0.123. The number of nitrogens with one attached hydrogen (secondary N) is 1. The van der Waals surface area contributed by atoms with Crippen molar-refractivity contribution in [2.75, 3.05) is 6.61 Å². The van der Waals surface area contributed by atoms with E-state index in [0.717, 1.165) is 25.7 Å². The van der Waals surface area contributed by atoms with Gasteiger partial charge in [0.05, 0.1) is 0 Å². The van der Waals surface area contributed by atoms with E-state index in [9.17, 15) is 9.18 Å². The Morgan fingerprint density at radius 1 is 1.32 bits per heavy atom. The van der Waals surface area contributed by atoms with Gasteiger partial charge in [-0.15, -0.1) is 0 Å². The number of carbonyl (C=O) groups is 1. The Hall–Kier alpha value is -0.940.